The first-order valence-corrected chi connectivity index (χ1v) is 10.2. The Morgan fingerprint density at radius 3 is 2.46 bits per heavy atom. The molecule has 1 aromatic rings. The van der Waals surface area contributed by atoms with Crippen LogP contribution in [0.2, 0.25) is 0 Å². The summed E-state index contributed by atoms with van der Waals surface area (Å²) in [5, 5.41) is 0. The van der Waals surface area contributed by atoms with Gasteiger partial charge in [-0.2, -0.15) is 0 Å². The van der Waals surface area contributed by atoms with E-state index >= 15 is 0 Å². The first-order valence-electron chi connectivity index (χ1n) is 10.2. The monoisotopic (exact) mass is 356 g/mol. The number of piperazine rings is 1. The van der Waals surface area contributed by atoms with E-state index in [-0.39, 0.29) is 0 Å². The lowest BCUT2D eigenvalue weighted by atomic mass is 9.93. The first kappa shape index (κ1) is 17.9. The lowest BCUT2D eigenvalue weighted by Crippen LogP contribution is -2.47. The predicted molar refractivity (Wildman–Crippen MR) is 105 cm³/mol. The molecule has 3 aliphatic rings. The van der Waals surface area contributed by atoms with E-state index in [4.69, 9.17) is 9.47 Å². The van der Waals surface area contributed by atoms with Crippen molar-refractivity contribution in [2.45, 2.75) is 26.3 Å². The normalized spacial score (nSPS) is 28.6. The van der Waals surface area contributed by atoms with Gasteiger partial charge in [0, 0.05) is 39.3 Å². The van der Waals surface area contributed by atoms with Crippen molar-refractivity contribution in [1.29, 1.82) is 0 Å². The van der Waals surface area contributed by atoms with E-state index in [0.29, 0.717) is 6.61 Å². The summed E-state index contributed by atoms with van der Waals surface area (Å²) in [6, 6.07) is 6.32. The number of allylic oxidation sites excluding steroid dienone is 2. The van der Waals surface area contributed by atoms with Gasteiger partial charge in [0.2, 0.25) is 0 Å². The van der Waals surface area contributed by atoms with Crippen LogP contribution in [0.1, 0.15) is 25.3 Å². The highest BCUT2D eigenvalue weighted by molar-refractivity contribution is 5.43. The zero-order chi connectivity index (χ0) is 17.9. The standard InChI is InChI=1S/C22H32N2O2/c1-3-26-22-14-18(5-7-21(22)25-2)15-23-8-10-24(11-9-23)16-20-13-17-4-6-19(20)12-17/h4-7,14,17,19-20H,3,8-13,15-16H2,1-2H3. The van der Waals surface area contributed by atoms with E-state index < -0.39 is 0 Å². The van der Waals surface area contributed by atoms with Gasteiger partial charge < -0.3 is 14.4 Å². The van der Waals surface area contributed by atoms with E-state index in [9.17, 15) is 0 Å². The van der Waals surface area contributed by atoms with Gasteiger partial charge in [-0.05, 0) is 55.2 Å². The largest absolute Gasteiger partial charge is 0.493 e. The quantitative estimate of drug-likeness (QED) is 0.699. The van der Waals surface area contributed by atoms with Gasteiger partial charge in [-0.15, -0.1) is 0 Å². The average Bonchev–Trinajstić information content (AvgIpc) is 3.27. The Kier molecular flexibility index (Phi) is 5.51. The summed E-state index contributed by atoms with van der Waals surface area (Å²) >= 11 is 0. The van der Waals surface area contributed by atoms with Crippen LogP contribution in [-0.2, 0) is 6.54 Å². The molecule has 2 bridgehead atoms. The van der Waals surface area contributed by atoms with Crippen LogP contribution >= 0.6 is 0 Å². The zero-order valence-electron chi connectivity index (χ0n) is 16.2. The molecule has 2 fully saturated rings. The van der Waals surface area contributed by atoms with E-state index in [1.807, 2.05) is 13.0 Å². The molecule has 0 N–H and O–H groups in total. The summed E-state index contributed by atoms with van der Waals surface area (Å²) in [5.41, 5.74) is 1.31. The fraction of sp³-hybridized carbons (Fsp3) is 0.636. The van der Waals surface area contributed by atoms with Crippen molar-refractivity contribution in [3.8, 4) is 11.5 Å². The Morgan fingerprint density at radius 1 is 1.00 bits per heavy atom. The average molecular weight is 357 g/mol. The van der Waals surface area contributed by atoms with Crippen molar-refractivity contribution < 1.29 is 9.47 Å². The van der Waals surface area contributed by atoms with Crippen LogP contribution in [0, 0.1) is 17.8 Å². The molecule has 1 saturated carbocycles. The highest BCUT2D eigenvalue weighted by Gasteiger charge is 2.36. The summed E-state index contributed by atoms with van der Waals surface area (Å²) in [6.45, 7) is 9.69. The summed E-state index contributed by atoms with van der Waals surface area (Å²) in [5.74, 6) is 4.35. The van der Waals surface area contributed by atoms with E-state index in [0.717, 1.165) is 48.9 Å². The third kappa shape index (κ3) is 3.91. The Labute approximate surface area is 157 Å². The van der Waals surface area contributed by atoms with Crippen LogP contribution in [0.25, 0.3) is 0 Å². The number of ether oxygens (including phenoxy) is 2. The van der Waals surface area contributed by atoms with Crippen LogP contribution in [0.3, 0.4) is 0 Å². The van der Waals surface area contributed by atoms with Crippen LogP contribution in [-0.4, -0.2) is 56.2 Å². The second kappa shape index (κ2) is 8.01. The molecule has 3 atom stereocenters. The number of rotatable bonds is 7. The van der Waals surface area contributed by atoms with Crippen LogP contribution < -0.4 is 9.47 Å². The van der Waals surface area contributed by atoms with Gasteiger partial charge in [-0.25, -0.2) is 0 Å². The second-order valence-corrected chi connectivity index (χ2v) is 8.04. The van der Waals surface area contributed by atoms with E-state index in [1.165, 1.54) is 38.0 Å². The molecule has 2 aliphatic carbocycles. The van der Waals surface area contributed by atoms with Crippen LogP contribution in [0.15, 0.2) is 30.4 Å². The molecule has 0 radical (unpaired) electrons. The molecule has 4 rings (SSSR count). The SMILES string of the molecule is CCOc1cc(CN2CCN(CC3CC4C=CC3C4)CC2)ccc1OC. The molecule has 1 saturated heterocycles. The first-order chi connectivity index (χ1) is 12.7. The van der Waals surface area contributed by atoms with E-state index in [1.54, 1.807) is 7.11 Å². The van der Waals surface area contributed by atoms with Gasteiger partial charge in [0.25, 0.3) is 0 Å². The van der Waals surface area contributed by atoms with Gasteiger partial charge >= 0.3 is 0 Å². The molecule has 3 unspecified atom stereocenters. The fourth-order valence-corrected chi connectivity index (χ4v) is 4.91. The number of nitrogens with zero attached hydrogens (tertiary/aromatic N) is 2. The maximum Gasteiger partial charge on any atom is 0.161 e. The van der Waals surface area contributed by atoms with Crippen molar-refractivity contribution in [2.75, 3.05) is 46.4 Å². The summed E-state index contributed by atoms with van der Waals surface area (Å²) in [4.78, 5) is 5.25. The molecule has 142 valence electrons. The van der Waals surface area contributed by atoms with Gasteiger partial charge in [0.15, 0.2) is 11.5 Å². The highest BCUT2D eigenvalue weighted by atomic mass is 16.5. The van der Waals surface area contributed by atoms with Crippen molar-refractivity contribution in [3.63, 3.8) is 0 Å². The van der Waals surface area contributed by atoms with Crippen molar-refractivity contribution in [1.82, 2.24) is 9.80 Å². The molecule has 4 heteroatoms. The second-order valence-electron chi connectivity index (χ2n) is 8.04. The summed E-state index contributed by atoms with van der Waals surface area (Å²) in [7, 11) is 1.70. The van der Waals surface area contributed by atoms with Gasteiger partial charge in [0.05, 0.1) is 13.7 Å². The van der Waals surface area contributed by atoms with Crippen LogP contribution in [0.5, 0.6) is 11.5 Å². The van der Waals surface area contributed by atoms with E-state index in [2.05, 4.69) is 34.1 Å². The molecular formula is C22H32N2O2. The maximum atomic E-state index is 5.72. The predicted octanol–water partition coefficient (Wildman–Crippen LogP) is 3.42. The molecule has 1 aliphatic heterocycles. The Morgan fingerprint density at radius 2 is 1.81 bits per heavy atom. The minimum absolute atomic E-state index is 0.663. The molecule has 4 nitrogen and oxygen atoms in total. The summed E-state index contributed by atoms with van der Waals surface area (Å²) < 4.78 is 11.1. The third-order valence-corrected chi connectivity index (χ3v) is 6.31. The molecule has 0 aromatic heterocycles. The van der Waals surface area contributed by atoms with Crippen molar-refractivity contribution in [2.24, 2.45) is 17.8 Å². The number of methoxy groups -OCH3 is 1. The van der Waals surface area contributed by atoms with Gasteiger partial charge in [0.1, 0.15) is 0 Å². The Balaban J connectivity index is 1.27. The maximum absolute atomic E-state index is 5.72. The molecule has 26 heavy (non-hydrogen) atoms. The molecular weight excluding hydrogens is 324 g/mol. The third-order valence-electron chi connectivity index (χ3n) is 6.31. The summed E-state index contributed by atoms with van der Waals surface area (Å²) in [6.07, 6.45) is 7.77. The van der Waals surface area contributed by atoms with Gasteiger partial charge in [-0.3, -0.25) is 4.90 Å². The lowest BCUT2D eigenvalue weighted by molar-refractivity contribution is 0.108. The molecule has 0 spiro atoms. The Hall–Kier alpha value is -1.52. The molecule has 0 amide bonds. The van der Waals surface area contributed by atoms with Crippen molar-refractivity contribution in [3.05, 3.63) is 35.9 Å². The number of benzene rings is 1. The molecule has 1 aromatic carbocycles. The number of hydrogen-bond donors (Lipinski definition) is 0. The fourth-order valence-electron chi connectivity index (χ4n) is 4.91. The Bertz CT molecular complexity index is 637. The minimum Gasteiger partial charge on any atom is -0.493 e. The number of fused-ring (bicyclic) bond motifs is 2. The minimum atomic E-state index is 0.663. The smallest absolute Gasteiger partial charge is 0.161 e. The lowest BCUT2D eigenvalue weighted by Gasteiger charge is -2.37. The number of hydrogen-bond acceptors (Lipinski definition) is 4. The topological polar surface area (TPSA) is 24.9 Å². The zero-order valence-corrected chi connectivity index (χ0v) is 16.2. The van der Waals surface area contributed by atoms with Crippen LogP contribution in [0.4, 0.5) is 0 Å². The molecule has 1 heterocycles. The van der Waals surface area contributed by atoms with Crippen molar-refractivity contribution >= 4 is 0 Å². The van der Waals surface area contributed by atoms with Gasteiger partial charge in [-0.1, -0.05) is 18.2 Å². The highest BCUT2D eigenvalue weighted by Crippen LogP contribution is 2.43.